The minimum absolute atomic E-state index is 0.129. The van der Waals surface area contributed by atoms with Crippen molar-refractivity contribution in [1.29, 1.82) is 0 Å². The number of likely N-dealkylation sites (N-methyl/N-ethyl adjacent to an activating group) is 1. The fourth-order valence-corrected chi connectivity index (χ4v) is 2.98. The van der Waals surface area contributed by atoms with Crippen molar-refractivity contribution in [2.45, 2.75) is 26.5 Å². The van der Waals surface area contributed by atoms with E-state index in [9.17, 15) is 4.79 Å². The smallest absolute Gasteiger partial charge is 0.231 e. The summed E-state index contributed by atoms with van der Waals surface area (Å²) in [6.07, 6.45) is 0.129. The molecule has 2 N–H and O–H groups in total. The van der Waals surface area contributed by atoms with Gasteiger partial charge in [-0.25, -0.2) is 0 Å². The fourth-order valence-electron chi connectivity index (χ4n) is 2.98. The molecule has 0 aromatic heterocycles. The predicted octanol–water partition coefficient (Wildman–Crippen LogP) is 0.921. The SMILES string of the molecule is Cc1ccc(CN2CCO[C@H](CN(C)CC(N)=O)C2)c(C)c1. The minimum Gasteiger partial charge on any atom is -0.374 e. The lowest BCUT2D eigenvalue weighted by atomic mass is 10.0. The Bertz CT molecular complexity index is 519. The molecule has 1 aromatic carbocycles. The molecule has 0 aliphatic carbocycles. The molecule has 0 saturated carbocycles. The quantitative estimate of drug-likeness (QED) is 0.849. The van der Waals surface area contributed by atoms with Gasteiger partial charge < -0.3 is 10.5 Å². The van der Waals surface area contributed by atoms with E-state index in [1.165, 1.54) is 16.7 Å². The Kier molecular flexibility index (Phi) is 5.94. The molecule has 1 aromatic rings. The lowest BCUT2D eigenvalue weighted by Crippen LogP contribution is -2.47. The number of carbonyl (C=O) groups excluding carboxylic acids is 1. The van der Waals surface area contributed by atoms with Gasteiger partial charge in [0.1, 0.15) is 0 Å². The van der Waals surface area contributed by atoms with Crippen molar-refractivity contribution in [3.05, 3.63) is 34.9 Å². The summed E-state index contributed by atoms with van der Waals surface area (Å²) in [4.78, 5) is 15.3. The maximum atomic E-state index is 11.0. The van der Waals surface area contributed by atoms with Crippen molar-refractivity contribution in [1.82, 2.24) is 9.80 Å². The van der Waals surface area contributed by atoms with Crippen LogP contribution in [0.5, 0.6) is 0 Å². The molecule has 0 bridgehead atoms. The standard InChI is InChI=1S/C17H27N3O2/c1-13-4-5-15(14(2)8-13)9-20-6-7-22-16(11-20)10-19(3)12-17(18)21/h4-5,8,16H,6-7,9-12H2,1-3H3,(H2,18,21)/t16-/m1/s1. The van der Waals surface area contributed by atoms with Crippen LogP contribution in [-0.2, 0) is 16.1 Å². The second kappa shape index (κ2) is 7.72. The lowest BCUT2D eigenvalue weighted by molar-refractivity contribution is -0.119. The van der Waals surface area contributed by atoms with E-state index >= 15 is 0 Å². The number of morpholine rings is 1. The summed E-state index contributed by atoms with van der Waals surface area (Å²) in [5.41, 5.74) is 9.24. The van der Waals surface area contributed by atoms with Gasteiger partial charge in [-0.3, -0.25) is 14.6 Å². The first kappa shape index (κ1) is 16.9. The summed E-state index contributed by atoms with van der Waals surface area (Å²) in [5, 5.41) is 0. The zero-order valence-corrected chi connectivity index (χ0v) is 13.8. The third-order valence-corrected chi connectivity index (χ3v) is 4.06. The Hall–Kier alpha value is -1.43. The first-order valence-electron chi connectivity index (χ1n) is 7.81. The molecule has 1 atom stereocenters. The molecule has 1 fully saturated rings. The number of amides is 1. The van der Waals surface area contributed by atoms with Crippen LogP contribution < -0.4 is 5.73 Å². The summed E-state index contributed by atoms with van der Waals surface area (Å²) >= 11 is 0. The topological polar surface area (TPSA) is 58.8 Å². The largest absolute Gasteiger partial charge is 0.374 e. The number of hydrogen-bond acceptors (Lipinski definition) is 4. The zero-order valence-electron chi connectivity index (χ0n) is 13.8. The van der Waals surface area contributed by atoms with Gasteiger partial charge in [0.15, 0.2) is 0 Å². The number of nitrogens with zero attached hydrogens (tertiary/aromatic N) is 2. The first-order chi connectivity index (χ1) is 10.4. The van der Waals surface area contributed by atoms with Gasteiger partial charge in [0.05, 0.1) is 19.3 Å². The summed E-state index contributed by atoms with van der Waals surface area (Å²) < 4.78 is 5.81. The molecule has 0 unspecified atom stereocenters. The van der Waals surface area contributed by atoms with E-state index in [0.29, 0.717) is 0 Å². The molecule has 0 spiro atoms. The molecule has 1 aliphatic heterocycles. The number of rotatable bonds is 6. The third-order valence-electron chi connectivity index (χ3n) is 4.06. The monoisotopic (exact) mass is 305 g/mol. The molecule has 5 nitrogen and oxygen atoms in total. The Morgan fingerprint density at radius 1 is 1.45 bits per heavy atom. The summed E-state index contributed by atoms with van der Waals surface area (Å²) in [6, 6.07) is 6.61. The maximum absolute atomic E-state index is 11.0. The van der Waals surface area contributed by atoms with Crippen LogP contribution in [0.2, 0.25) is 0 Å². The van der Waals surface area contributed by atoms with Crippen LogP contribution in [0.4, 0.5) is 0 Å². The van der Waals surface area contributed by atoms with E-state index in [1.807, 2.05) is 11.9 Å². The second-order valence-corrected chi connectivity index (χ2v) is 6.32. The van der Waals surface area contributed by atoms with Gasteiger partial charge in [-0.1, -0.05) is 23.8 Å². The molecule has 22 heavy (non-hydrogen) atoms. The van der Waals surface area contributed by atoms with Crippen LogP contribution in [0, 0.1) is 13.8 Å². The highest BCUT2D eigenvalue weighted by atomic mass is 16.5. The van der Waals surface area contributed by atoms with Crippen molar-refractivity contribution < 1.29 is 9.53 Å². The van der Waals surface area contributed by atoms with Gasteiger partial charge in [0.2, 0.25) is 5.91 Å². The number of primary amides is 1. The van der Waals surface area contributed by atoms with E-state index in [2.05, 4.69) is 36.9 Å². The van der Waals surface area contributed by atoms with Crippen molar-refractivity contribution in [3.63, 3.8) is 0 Å². The van der Waals surface area contributed by atoms with Gasteiger partial charge in [-0.15, -0.1) is 0 Å². The number of nitrogens with two attached hydrogens (primary N) is 1. The van der Waals surface area contributed by atoms with E-state index < -0.39 is 0 Å². The molecule has 5 heteroatoms. The molecule has 122 valence electrons. The van der Waals surface area contributed by atoms with Crippen molar-refractivity contribution >= 4 is 5.91 Å². The highest BCUT2D eigenvalue weighted by molar-refractivity contribution is 5.75. The number of carbonyl (C=O) groups is 1. The minimum atomic E-state index is -0.301. The van der Waals surface area contributed by atoms with E-state index in [1.54, 1.807) is 0 Å². The Morgan fingerprint density at radius 2 is 2.23 bits per heavy atom. The van der Waals surface area contributed by atoms with Crippen LogP contribution in [-0.4, -0.2) is 61.6 Å². The zero-order chi connectivity index (χ0) is 16.1. The van der Waals surface area contributed by atoms with Crippen molar-refractivity contribution in [2.75, 3.05) is 39.8 Å². The summed E-state index contributed by atoms with van der Waals surface area (Å²) in [7, 11) is 1.90. The summed E-state index contributed by atoms with van der Waals surface area (Å²) in [5.74, 6) is -0.301. The van der Waals surface area contributed by atoms with Crippen LogP contribution in [0.1, 0.15) is 16.7 Å². The molecule has 0 radical (unpaired) electrons. The highest BCUT2D eigenvalue weighted by Gasteiger charge is 2.22. The Morgan fingerprint density at radius 3 is 2.91 bits per heavy atom. The van der Waals surface area contributed by atoms with E-state index in [0.717, 1.165) is 32.8 Å². The Labute approximate surface area is 133 Å². The molecule has 1 aliphatic rings. The van der Waals surface area contributed by atoms with Gasteiger partial charge in [-0.05, 0) is 32.0 Å². The summed E-state index contributed by atoms with van der Waals surface area (Å²) in [6.45, 7) is 8.81. The molecular formula is C17H27N3O2. The average molecular weight is 305 g/mol. The molecule has 1 heterocycles. The maximum Gasteiger partial charge on any atom is 0.231 e. The fraction of sp³-hybridized carbons (Fsp3) is 0.588. The highest BCUT2D eigenvalue weighted by Crippen LogP contribution is 2.15. The van der Waals surface area contributed by atoms with Crippen LogP contribution >= 0.6 is 0 Å². The molecule has 2 rings (SSSR count). The van der Waals surface area contributed by atoms with Crippen molar-refractivity contribution in [2.24, 2.45) is 5.73 Å². The first-order valence-corrected chi connectivity index (χ1v) is 7.81. The van der Waals surface area contributed by atoms with Gasteiger partial charge in [0.25, 0.3) is 0 Å². The molecule has 1 saturated heterocycles. The second-order valence-electron chi connectivity index (χ2n) is 6.32. The number of ether oxygens (including phenoxy) is 1. The average Bonchev–Trinajstić information content (AvgIpc) is 2.41. The number of hydrogen-bond donors (Lipinski definition) is 1. The number of benzene rings is 1. The predicted molar refractivity (Wildman–Crippen MR) is 87.6 cm³/mol. The number of aryl methyl sites for hydroxylation is 2. The van der Waals surface area contributed by atoms with Crippen molar-refractivity contribution in [3.8, 4) is 0 Å². The van der Waals surface area contributed by atoms with Crippen LogP contribution in [0.3, 0.4) is 0 Å². The van der Waals surface area contributed by atoms with Crippen LogP contribution in [0.25, 0.3) is 0 Å². The van der Waals surface area contributed by atoms with Gasteiger partial charge >= 0.3 is 0 Å². The Balaban J connectivity index is 1.89. The molecular weight excluding hydrogens is 278 g/mol. The van der Waals surface area contributed by atoms with E-state index in [4.69, 9.17) is 10.5 Å². The molecule has 1 amide bonds. The van der Waals surface area contributed by atoms with Gasteiger partial charge in [-0.2, -0.15) is 0 Å². The van der Waals surface area contributed by atoms with E-state index in [-0.39, 0.29) is 18.6 Å². The van der Waals surface area contributed by atoms with Crippen LogP contribution in [0.15, 0.2) is 18.2 Å². The van der Waals surface area contributed by atoms with Gasteiger partial charge in [0, 0.05) is 26.2 Å². The normalized spacial score (nSPS) is 19.5. The third kappa shape index (κ3) is 5.09. The lowest BCUT2D eigenvalue weighted by Gasteiger charge is -2.35.